The maximum Gasteiger partial charge on any atom is 0.161 e. The third-order valence-electron chi connectivity index (χ3n) is 5.59. The van der Waals surface area contributed by atoms with E-state index in [4.69, 9.17) is 14.7 Å². The van der Waals surface area contributed by atoms with Crippen LogP contribution in [0, 0.1) is 0 Å². The number of nitrogens with zero attached hydrogens (tertiary/aromatic N) is 5. The van der Waals surface area contributed by atoms with Crippen LogP contribution < -0.4 is 4.90 Å². The molecule has 1 fully saturated rings. The molecule has 0 amide bonds. The number of fused-ring (bicyclic) bond motifs is 1. The number of morpholine rings is 1. The Morgan fingerprint density at radius 3 is 2.59 bits per heavy atom. The highest BCUT2D eigenvalue weighted by molar-refractivity contribution is 5.61. The Morgan fingerprint density at radius 2 is 1.79 bits per heavy atom. The molecule has 0 bridgehead atoms. The van der Waals surface area contributed by atoms with Crippen molar-refractivity contribution in [1.29, 1.82) is 0 Å². The van der Waals surface area contributed by atoms with Gasteiger partial charge in [0.15, 0.2) is 5.82 Å². The zero-order valence-electron chi connectivity index (χ0n) is 16.5. The summed E-state index contributed by atoms with van der Waals surface area (Å²) in [5.74, 6) is 1.90. The van der Waals surface area contributed by atoms with Crippen LogP contribution in [0.2, 0.25) is 0 Å². The average Bonchev–Trinajstić information content (AvgIpc) is 2.80. The molecule has 1 aromatic carbocycles. The van der Waals surface area contributed by atoms with Crippen LogP contribution in [0.25, 0.3) is 11.4 Å². The normalized spacial score (nSPS) is 17.2. The molecule has 1 saturated heterocycles. The smallest absolute Gasteiger partial charge is 0.161 e. The lowest BCUT2D eigenvalue weighted by atomic mass is 10.0. The van der Waals surface area contributed by atoms with Gasteiger partial charge in [-0.15, -0.1) is 0 Å². The zero-order chi connectivity index (χ0) is 19.5. The van der Waals surface area contributed by atoms with Crippen LogP contribution in [0.4, 0.5) is 5.82 Å². The van der Waals surface area contributed by atoms with Gasteiger partial charge in [0.05, 0.1) is 18.9 Å². The summed E-state index contributed by atoms with van der Waals surface area (Å²) >= 11 is 0. The standard InChI is InChI=1S/C23H25N5O/c1-2-6-19(7-3-1)22-25-21-8-10-27(16-18-5-4-9-24-15-18)17-20(21)23(26-22)28-11-13-29-14-12-28/h1-7,9,15H,8,10-14,16-17H2. The first-order chi connectivity index (χ1) is 14.4. The van der Waals surface area contributed by atoms with E-state index < -0.39 is 0 Å². The van der Waals surface area contributed by atoms with Crippen molar-refractivity contribution in [1.82, 2.24) is 19.9 Å². The number of ether oxygens (including phenoxy) is 1. The van der Waals surface area contributed by atoms with E-state index in [-0.39, 0.29) is 0 Å². The van der Waals surface area contributed by atoms with Crippen molar-refractivity contribution in [2.24, 2.45) is 0 Å². The van der Waals surface area contributed by atoms with E-state index in [1.807, 2.05) is 36.7 Å². The Bertz CT molecular complexity index is 958. The van der Waals surface area contributed by atoms with Crippen molar-refractivity contribution >= 4 is 5.82 Å². The van der Waals surface area contributed by atoms with Crippen molar-refractivity contribution in [2.75, 3.05) is 37.7 Å². The molecule has 0 spiro atoms. The monoisotopic (exact) mass is 387 g/mol. The van der Waals surface area contributed by atoms with Crippen LogP contribution in [0.3, 0.4) is 0 Å². The number of pyridine rings is 1. The first-order valence-electron chi connectivity index (χ1n) is 10.3. The lowest BCUT2D eigenvalue weighted by Crippen LogP contribution is -2.39. The van der Waals surface area contributed by atoms with Gasteiger partial charge >= 0.3 is 0 Å². The fourth-order valence-corrected chi connectivity index (χ4v) is 4.09. The molecule has 0 atom stereocenters. The van der Waals surface area contributed by atoms with Crippen molar-refractivity contribution in [3.05, 3.63) is 71.7 Å². The zero-order valence-corrected chi connectivity index (χ0v) is 16.5. The predicted molar refractivity (Wildman–Crippen MR) is 113 cm³/mol. The van der Waals surface area contributed by atoms with Crippen molar-refractivity contribution < 1.29 is 4.74 Å². The molecule has 5 rings (SSSR count). The van der Waals surface area contributed by atoms with Gasteiger partial charge < -0.3 is 9.64 Å². The van der Waals surface area contributed by atoms with Crippen molar-refractivity contribution in [3.8, 4) is 11.4 Å². The summed E-state index contributed by atoms with van der Waals surface area (Å²) in [5, 5.41) is 0. The van der Waals surface area contributed by atoms with E-state index in [0.29, 0.717) is 0 Å². The molecule has 2 aliphatic rings. The maximum absolute atomic E-state index is 5.58. The second kappa shape index (κ2) is 8.27. The minimum absolute atomic E-state index is 0.749. The highest BCUT2D eigenvalue weighted by Crippen LogP contribution is 2.30. The highest BCUT2D eigenvalue weighted by atomic mass is 16.5. The third kappa shape index (κ3) is 3.99. The highest BCUT2D eigenvalue weighted by Gasteiger charge is 2.26. The van der Waals surface area contributed by atoms with Crippen LogP contribution in [0.5, 0.6) is 0 Å². The van der Waals surface area contributed by atoms with Crippen LogP contribution in [-0.4, -0.2) is 52.7 Å². The van der Waals surface area contributed by atoms with Gasteiger partial charge in [0, 0.05) is 62.7 Å². The molecule has 148 valence electrons. The molecular formula is C23H25N5O. The van der Waals surface area contributed by atoms with Gasteiger partial charge in [-0.05, 0) is 11.6 Å². The van der Waals surface area contributed by atoms with Gasteiger partial charge in [0.1, 0.15) is 5.82 Å². The number of anilines is 1. The first-order valence-corrected chi connectivity index (χ1v) is 10.3. The van der Waals surface area contributed by atoms with Crippen LogP contribution in [0.15, 0.2) is 54.9 Å². The second-order valence-corrected chi connectivity index (χ2v) is 7.58. The molecular weight excluding hydrogens is 362 g/mol. The van der Waals surface area contributed by atoms with Crippen LogP contribution >= 0.6 is 0 Å². The number of rotatable bonds is 4. The molecule has 0 N–H and O–H groups in total. The molecule has 2 aromatic heterocycles. The number of aromatic nitrogens is 3. The van der Waals surface area contributed by atoms with Crippen molar-refractivity contribution in [3.63, 3.8) is 0 Å². The molecule has 6 nitrogen and oxygen atoms in total. The number of benzene rings is 1. The summed E-state index contributed by atoms with van der Waals surface area (Å²) in [4.78, 5) is 19.1. The summed E-state index contributed by atoms with van der Waals surface area (Å²) in [5.41, 5.74) is 4.76. The fraction of sp³-hybridized carbons (Fsp3) is 0.348. The SMILES string of the molecule is c1ccc(-c2nc3c(c(N4CCOCC4)n2)CN(Cc2cccnc2)CC3)cc1. The molecule has 6 heteroatoms. The maximum atomic E-state index is 5.58. The Labute approximate surface area is 171 Å². The van der Waals surface area contributed by atoms with Gasteiger partial charge in [-0.1, -0.05) is 36.4 Å². The molecule has 2 aliphatic heterocycles. The molecule has 0 saturated carbocycles. The molecule has 3 aromatic rings. The van der Waals surface area contributed by atoms with Crippen LogP contribution in [0.1, 0.15) is 16.8 Å². The lowest BCUT2D eigenvalue weighted by molar-refractivity contribution is 0.122. The van der Waals surface area contributed by atoms with E-state index in [9.17, 15) is 0 Å². The lowest BCUT2D eigenvalue weighted by Gasteiger charge is -2.34. The quantitative estimate of drug-likeness (QED) is 0.686. The minimum Gasteiger partial charge on any atom is -0.378 e. The van der Waals surface area contributed by atoms with Gasteiger partial charge in [-0.25, -0.2) is 9.97 Å². The molecule has 0 radical (unpaired) electrons. The van der Waals surface area contributed by atoms with E-state index >= 15 is 0 Å². The summed E-state index contributed by atoms with van der Waals surface area (Å²) < 4.78 is 5.58. The average molecular weight is 387 g/mol. The molecule has 0 aliphatic carbocycles. The van der Waals surface area contributed by atoms with Gasteiger partial charge in [0.25, 0.3) is 0 Å². The molecule has 4 heterocycles. The first kappa shape index (κ1) is 18.2. The van der Waals surface area contributed by atoms with Crippen LogP contribution in [-0.2, 0) is 24.2 Å². The Kier molecular flexibility index (Phi) is 5.19. The minimum atomic E-state index is 0.749. The van der Waals surface area contributed by atoms with E-state index in [1.54, 1.807) is 0 Å². The third-order valence-corrected chi connectivity index (χ3v) is 5.59. The fourth-order valence-electron chi connectivity index (χ4n) is 4.09. The van der Waals surface area contributed by atoms with Gasteiger partial charge in [-0.3, -0.25) is 9.88 Å². The predicted octanol–water partition coefficient (Wildman–Crippen LogP) is 2.93. The summed E-state index contributed by atoms with van der Waals surface area (Å²) in [6.07, 6.45) is 4.72. The number of hydrogen-bond donors (Lipinski definition) is 0. The summed E-state index contributed by atoms with van der Waals surface area (Å²) in [7, 11) is 0. The molecule has 29 heavy (non-hydrogen) atoms. The Morgan fingerprint density at radius 1 is 0.931 bits per heavy atom. The second-order valence-electron chi connectivity index (χ2n) is 7.58. The van der Waals surface area contributed by atoms with Crippen molar-refractivity contribution in [2.45, 2.75) is 19.5 Å². The van der Waals surface area contributed by atoms with E-state index in [0.717, 1.165) is 69.6 Å². The Hall–Kier alpha value is -2.83. The number of hydrogen-bond acceptors (Lipinski definition) is 6. The largest absolute Gasteiger partial charge is 0.378 e. The van der Waals surface area contributed by atoms with E-state index in [2.05, 4.69) is 33.0 Å². The van der Waals surface area contributed by atoms with Gasteiger partial charge in [0.2, 0.25) is 0 Å². The molecule has 0 unspecified atom stereocenters. The Balaban J connectivity index is 1.49. The van der Waals surface area contributed by atoms with E-state index in [1.165, 1.54) is 16.8 Å². The topological polar surface area (TPSA) is 54.4 Å². The summed E-state index contributed by atoms with van der Waals surface area (Å²) in [6.45, 7) is 6.01. The summed E-state index contributed by atoms with van der Waals surface area (Å²) in [6, 6.07) is 14.4. The van der Waals surface area contributed by atoms with Gasteiger partial charge in [-0.2, -0.15) is 0 Å².